The molecule has 0 spiro atoms. The van der Waals surface area contributed by atoms with Crippen LogP contribution < -0.4 is 5.32 Å². The molecule has 0 aromatic heterocycles. The molecule has 1 N–H and O–H groups in total. The second-order valence-electron chi connectivity index (χ2n) is 6.76. The molecule has 1 aromatic carbocycles. The lowest BCUT2D eigenvalue weighted by Gasteiger charge is -2.35. The van der Waals surface area contributed by atoms with Crippen molar-refractivity contribution < 1.29 is 0 Å². The Bertz CT molecular complexity index is 395. The van der Waals surface area contributed by atoms with E-state index in [1.165, 1.54) is 44.3 Å². The lowest BCUT2D eigenvalue weighted by Crippen LogP contribution is -2.44. The second-order valence-corrected chi connectivity index (χ2v) is 6.76. The Balaban J connectivity index is 1.69. The van der Waals surface area contributed by atoms with Gasteiger partial charge in [0.15, 0.2) is 0 Å². The van der Waals surface area contributed by atoms with Crippen LogP contribution in [0.1, 0.15) is 44.2 Å². The average molecular weight is 272 g/mol. The molecule has 110 valence electrons. The van der Waals surface area contributed by atoms with Gasteiger partial charge in [-0.3, -0.25) is 4.90 Å². The maximum Gasteiger partial charge on any atom is 0.0473 e. The van der Waals surface area contributed by atoms with Gasteiger partial charge in [-0.05, 0) is 57.1 Å². The Morgan fingerprint density at radius 3 is 2.05 bits per heavy atom. The molecule has 2 saturated carbocycles. The molecule has 2 aliphatic rings. The molecule has 0 heterocycles. The van der Waals surface area contributed by atoms with E-state index in [0.29, 0.717) is 12.1 Å². The molecular formula is C18H28N2. The summed E-state index contributed by atoms with van der Waals surface area (Å²) in [5, 5.41) is 3.54. The van der Waals surface area contributed by atoms with Crippen molar-refractivity contribution in [2.24, 2.45) is 11.8 Å². The molecule has 2 aliphatic carbocycles. The topological polar surface area (TPSA) is 15.3 Å². The minimum atomic E-state index is 0.439. The van der Waals surface area contributed by atoms with Crippen molar-refractivity contribution in [2.45, 2.75) is 44.7 Å². The van der Waals surface area contributed by atoms with Crippen LogP contribution in [0.25, 0.3) is 0 Å². The van der Waals surface area contributed by atoms with Crippen molar-refractivity contribution in [3.05, 3.63) is 35.9 Å². The molecule has 20 heavy (non-hydrogen) atoms. The number of hydrogen-bond acceptors (Lipinski definition) is 2. The predicted octanol–water partition coefficient (Wildman–Crippen LogP) is 3.46. The zero-order chi connectivity index (χ0) is 13.9. The lowest BCUT2D eigenvalue weighted by atomic mass is 9.98. The molecule has 2 atom stereocenters. The van der Waals surface area contributed by atoms with E-state index < -0.39 is 0 Å². The number of nitrogens with zero attached hydrogens (tertiary/aromatic N) is 1. The molecule has 2 nitrogen and oxygen atoms in total. The monoisotopic (exact) mass is 272 g/mol. The molecule has 2 fully saturated rings. The van der Waals surface area contributed by atoms with E-state index >= 15 is 0 Å². The maximum atomic E-state index is 3.54. The van der Waals surface area contributed by atoms with Crippen LogP contribution in [0.4, 0.5) is 0 Å². The number of nitrogens with one attached hydrogen (secondary N) is 1. The fourth-order valence-electron chi connectivity index (χ4n) is 3.23. The van der Waals surface area contributed by atoms with E-state index in [1.807, 2.05) is 0 Å². The van der Waals surface area contributed by atoms with Crippen LogP contribution in [0.2, 0.25) is 0 Å². The standard InChI is InChI=1S/C18H28N2/c1-14(18(19-2)17-6-4-3-5-7-17)20(12-15-8-9-15)13-16-10-11-16/h3-7,14-16,18-19H,8-13H2,1-2H3. The molecular weight excluding hydrogens is 244 g/mol. The zero-order valence-electron chi connectivity index (χ0n) is 12.9. The van der Waals surface area contributed by atoms with E-state index in [1.54, 1.807) is 0 Å². The van der Waals surface area contributed by atoms with Crippen LogP contribution in [-0.2, 0) is 0 Å². The molecule has 2 unspecified atom stereocenters. The molecule has 0 aliphatic heterocycles. The summed E-state index contributed by atoms with van der Waals surface area (Å²) in [6.07, 6.45) is 5.79. The smallest absolute Gasteiger partial charge is 0.0473 e. The van der Waals surface area contributed by atoms with Gasteiger partial charge in [0.05, 0.1) is 0 Å². The van der Waals surface area contributed by atoms with E-state index in [9.17, 15) is 0 Å². The number of hydrogen-bond donors (Lipinski definition) is 1. The van der Waals surface area contributed by atoms with Crippen LogP contribution in [0.3, 0.4) is 0 Å². The highest BCUT2D eigenvalue weighted by atomic mass is 15.2. The highest BCUT2D eigenvalue weighted by molar-refractivity contribution is 5.20. The number of likely N-dealkylation sites (N-methyl/N-ethyl adjacent to an activating group) is 1. The van der Waals surface area contributed by atoms with Crippen LogP contribution in [0.5, 0.6) is 0 Å². The Morgan fingerprint density at radius 2 is 1.60 bits per heavy atom. The molecule has 1 aromatic rings. The van der Waals surface area contributed by atoms with Gasteiger partial charge in [0.25, 0.3) is 0 Å². The fraction of sp³-hybridized carbons (Fsp3) is 0.667. The van der Waals surface area contributed by atoms with Gasteiger partial charge >= 0.3 is 0 Å². The quantitative estimate of drug-likeness (QED) is 0.779. The van der Waals surface area contributed by atoms with Gasteiger partial charge in [-0.25, -0.2) is 0 Å². The summed E-state index contributed by atoms with van der Waals surface area (Å²) in [6, 6.07) is 11.9. The van der Waals surface area contributed by atoms with Crippen molar-refractivity contribution >= 4 is 0 Å². The van der Waals surface area contributed by atoms with Gasteiger partial charge in [-0.2, -0.15) is 0 Å². The fourth-order valence-corrected chi connectivity index (χ4v) is 3.23. The zero-order valence-corrected chi connectivity index (χ0v) is 12.9. The van der Waals surface area contributed by atoms with E-state index in [-0.39, 0.29) is 0 Å². The Labute approximate surface area is 123 Å². The molecule has 2 heteroatoms. The third kappa shape index (κ3) is 3.62. The van der Waals surface area contributed by atoms with Crippen LogP contribution in [0, 0.1) is 11.8 Å². The first-order valence-electron chi connectivity index (χ1n) is 8.24. The summed E-state index contributed by atoms with van der Waals surface area (Å²) in [6.45, 7) is 5.02. The average Bonchev–Trinajstić information content (AvgIpc) is 3.35. The van der Waals surface area contributed by atoms with Crippen molar-refractivity contribution in [2.75, 3.05) is 20.1 Å². The first kappa shape index (κ1) is 14.1. The highest BCUT2D eigenvalue weighted by Gasteiger charge is 2.33. The highest BCUT2D eigenvalue weighted by Crippen LogP contribution is 2.36. The summed E-state index contributed by atoms with van der Waals surface area (Å²) < 4.78 is 0. The van der Waals surface area contributed by atoms with Gasteiger partial charge in [0, 0.05) is 25.2 Å². The van der Waals surface area contributed by atoms with Crippen LogP contribution in [0.15, 0.2) is 30.3 Å². The van der Waals surface area contributed by atoms with Crippen molar-refractivity contribution in [1.82, 2.24) is 10.2 Å². The number of benzene rings is 1. The van der Waals surface area contributed by atoms with Gasteiger partial charge in [0.2, 0.25) is 0 Å². The molecule has 0 bridgehead atoms. The summed E-state index contributed by atoms with van der Waals surface area (Å²) in [5.41, 5.74) is 1.42. The SMILES string of the molecule is CNC(c1ccccc1)C(C)N(CC1CC1)CC1CC1. The van der Waals surface area contributed by atoms with Crippen molar-refractivity contribution in [1.29, 1.82) is 0 Å². The summed E-state index contributed by atoms with van der Waals surface area (Å²) in [4.78, 5) is 2.75. The summed E-state index contributed by atoms with van der Waals surface area (Å²) in [5.74, 6) is 1.95. The van der Waals surface area contributed by atoms with Gasteiger partial charge in [-0.15, -0.1) is 0 Å². The first-order valence-corrected chi connectivity index (χ1v) is 8.24. The Kier molecular flexibility index (Phi) is 4.42. The minimum absolute atomic E-state index is 0.439. The molecule has 0 amide bonds. The maximum absolute atomic E-state index is 3.54. The first-order chi connectivity index (χ1) is 9.78. The van der Waals surface area contributed by atoms with Crippen molar-refractivity contribution in [3.8, 4) is 0 Å². The summed E-state index contributed by atoms with van der Waals surface area (Å²) in [7, 11) is 2.10. The minimum Gasteiger partial charge on any atom is -0.312 e. The Morgan fingerprint density at radius 1 is 1.05 bits per heavy atom. The van der Waals surface area contributed by atoms with E-state index in [2.05, 4.69) is 54.5 Å². The number of rotatable bonds is 8. The third-order valence-electron chi connectivity index (χ3n) is 4.91. The van der Waals surface area contributed by atoms with Gasteiger partial charge < -0.3 is 5.32 Å². The van der Waals surface area contributed by atoms with Crippen LogP contribution >= 0.6 is 0 Å². The largest absolute Gasteiger partial charge is 0.312 e. The van der Waals surface area contributed by atoms with Crippen LogP contribution in [-0.4, -0.2) is 31.1 Å². The predicted molar refractivity (Wildman–Crippen MR) is 84.7 cm³/mol. The third-order valence-corrected chi connectivity index (χ3v) is 4.91. The normalized spacial score (nSPS) is 21.9. The molecule has 0 radical (unpaired) electrons. The van der Waals surface area contributed by atoms with E-state index in [4.69, 9.17) is 0 Å². The second kappa shape index (κ2) is 6.28. The lowest BCUT2D eigenvalue weighted by molar-refractivity contribution is 0.158. The molecule has 0 saturated heterocycles. The van der Waals surface area contributed by atoms with Crippen molar-refractivity contribution in [3.63, 3.8) is 0 Å². The van der Waals surface area contributed by atoms with Gasteiger partial charge in [-0.1, -0.05) is 30.3 Å². The van der Waals surface area contributed by atoms with Gasteiger partial charge in [0.1, 0.15) is 0 Å². The Hall–Kier alpha value is -0.860. The van der Waals surface area contributed by atoms with E-state index in [0.717, 1.165) is 11.8 Å². The summed E-state index contributed by atoms with van der Waals surface area (Å²) >= 11 is 0. The molecule has 3 rings (SSSR count).